The summed E-state index contributed by atoms with van der Waals surface area (Å²) in [7, 11) is 0. The lowest BCUT2D eigenvalue weighted by Crippen LogP contribution is -2.02. The molecule has 0 bridgehead atoms. The summed E-state index contributed by atoms with van der Waals surface area (Å²) in [5.74, 6) is -0.558. The lowest BCUT2D eigenvalue weighted by molar-refractivity contribution is -0.134. The zero-order chi connectivity index (χ0) is 5.70. The highest BCUT2D eigenvalue weighted by molar-refractivity contribution is 7.80. The van der Waals surface area contributed by atoms with E-state index >= 15 is 0 Å². The zero-order valence-corrected chi connectivity index (χ0v) is 4.75. The molecule has 7 heavy (non-hydrogen) atoms. The van der Waals surface area contributed by atoms with Crippen molar-refractivity contribution >= 4 is 23.6 Å². The standard InChI is InChI=1S/C4H5O2S/c1-2-6-4(5)3-7/h2H2,1H3. The van der Waals surface area contributed by atoms with Gasteiger partial charge in [-0.2, -0.15) is 0 Å². The number of carbonyl (C=O) groups excluding carboxylic acids is 1. The van der Waals surface area contributed by atoms with E-state index in [0.717, 1.165) is 0 Å². The van der Waals surface area contributed by atoms with Gasteiger partial charge >= 0.3 is 5.97 Å². The molecule has 0 rings (SSSR count). The second-order valence-corrected chi connectivity index (χ2v) is 1.03. The molecule has 0 aromatic carbocycles. The Bertz CT molecular complexity index is 79.8. The van der Waals surface area contributed by atoms with Gasteiger partial charge in [-0.05, 0) is 6.92 Å². The van der Waals surface area contributed by atoms with E-state index in [2.05, 4.69) is 17.0 Å². The van der Waals surface area contributed by atoms with Crippen LogP contribution in [0.25, 0.3) is 0 Å². The van der Waals surface area contributed by atoms with E-state index < -0.39 is 5.97 Å². The highest BCUT2D eigenvalue weighted by atomic mass is 32.1. The normalized spacial score (nSPS) is 7.57. The van der Waals surface area contributed by atoms with Crippen LogP contribution in [0.2, 0.25) is 0 Å². The van der Waals surface area contributed by atoms with Gasteiger partial charge in [0.15, 0.2) is 0 Å². The summed E-state index contributed by atoms with van der Waals surface area (Å²) < 4.78 is 4.34. The van der Waals surface area contributed by atoms with E-state index in [1.54, 1.807) is 6.92 Å². The lowest BCUT2D eigenvalue weighted by Gasteiger charge is -1.89. The Balaban J connectivity index is 3.17. The van der Waals surface area contributed by atoms with Crippen LogP contribution in [0.15, 0.2) is 0 Å². The Morgan fingerprint density at radius 3 is 2.71 bits per heavy atom. The first-order valence-electron chi connectivity index (χ1n) is 1.86. The molecule has 0 fully saturated rings. The molecule has 0 heterocycles. The van der Waals surface area contributed by atoms with E-state index in [4.69, 9.17) is 0 Å². The van der Waals surface area contributed by atoms with Crippen molar-refractivity contribution < 1.29 is 9.53 Å². The van der Waals surface area contributed by atoms with Crippen LogP contribution < -0.4 is 0 Å². The van der Waals surface area contributed by atoms with Crippen molar-refractivity contribution in [2.24, 2.45) is 0 Å². The molecule has 0 atom stereocenters. The largest absolute Gasteiger partial charge is 0.462 e. The molecule has 0 aliphatic rings. The molecule has 2 nitrogen and oxygen atoms in total. The Labute approximate surface area is 47.5 Å². The van der Waals surface area contributed by atoms with E-state index in [0.29, 0.717) is 6.61 Å². The Hall–Kier alpha value is -0.440. The van der Waals surface area contributed by atoms with Gasteiger partial charge in [-0.3, -0.25) is 0 Å². The quantitative estimate of drug-likeness (QED) is 0.387. The van der Waals surface area contributed by atoms with Crippen LogP contribution in [0.1, 0.15) is 6.92 Å². The van der Waals surface area contributed by atoms with Crippen molar-refractivity contribution in [2.45, 2.75) is 6.92 Å². The summed E-state index contributed by atoms with van der Waals surface area (Å²) >= 11 is 4.12. The number of hydrogen-bond donors (Lipinski definition) is 0. The summed E-state index contributed by atoms with van der Waals surface area (Å²) in [6.07, 6.45) is 0. The van der Waals surface area contributed by atoms with Crippen LogP contribution >= 0.6 is 12.2 Å². The molecule has 0 saturated heterocycles. The monoisotopic (exact) mass is 117 g/mol. The lowest BCUT2D eigenvalue weighted by atomic mass is 10.8. The number of hydrogen-bond acceptors (Lipinski definition) is 3. The van der Waals surface area contributed by atoms with E-state index in [1.165, 1.54) is 0 Å². The Morgan fingerprint density at radius 2 is 2.57 bits per heavy atom. The SMILES string of the molecule is CCOC(=O)[C]=S. The van der Waals surface area contributed by atoms with Crippen LogP contribution in [0.5, 0.6) is 0 Å². The second-order valence-electron chi connectivity index (χ2n) is 0.823. The minimum absolute atomic E-state index is 0.364. The molecule has 0 amide bonds. The van der Waals surface area contributed by atoms with Crippen LogP contribution in [0, 0.1) is 0 Å². The van der Waals surface area contributed by atoms with Gasteiger partial charge in [0.1, 0.15) is 5.37 Å². The number of carbonyl (C=O) groups is 1. The topological polar surface area (TPSA) is 26.3 Å². The molecule has 3 heteroatoms. The van der Waals surface area contributed by atoms with Gasteiger partial charge in [0.25, 0.3) is 0 Å². The molecule has 1 radical (unpaired) electrons. The van der Waals surface area contributed by atoms with E-state index in [1.807, 2.05) is 5.37 Å². The predicted octanol–water partition coefficient (Wildman–Crippen LogP) is 0.426. The van der Waals surface area contributed by atoms with Gasteiger partial charge in [0.2, 0.25) is 0 Å². The summed E-state index contributed by atoms with van der Waals surface area (Å²) in [6.45, 7) is 2.08. The van der Waals surface area contributed by atoms with Crippen LogP contribution in [-0.4, -0.2) is 17.9 Å². The van der Waals surface area contributed by atoms with E-state index in [-0.39, 0.29) is 0 Å². The smallest absolute Gasteiger partial charge is 0.350 e. The first-order chi connectivity index (χ1) is 3.31. The van der Waals surface area contributed by atoms with Crippen molar-refractivity contribution in [3.63, 3.8) is 0 Å². The van der Waals surface area contributed by atoms with Crippen molar-refractivity contribution in [2.75, 3.05) is 6.61 Å². The molecule has 0 aliphatic carbocycles. The zero-order valence-electron chi connectivity index (χ0n) is 3.93. The molecule has 0 spiro atoms. The number of rotatable bonds is 2. The highest BCUT2D eigenvalue weighted by Crippen LogP contribution is 1.70. The number of esters is 1. The molecule has 39 valence electrons. The minimum Gasteiger partial charge on any atom is -0.462 e. The molecular weight excluding hydrogens is 112 g/mol. The summed E-state index contributed by atoms with van der Waals surface area (Å²) in [4.78, 5) is 9.97. The molecule has 0 aromatic heterocycles. The minimum atomic E-state index is -0.558. The highest BCUT2D eigenvalue weighted by Gasteiger charge is 1.89. The maximum absolute atomic E-state index is 9.97. The van der Waals surface area contributed by atoms with Crippen molar-refractivity contribution in [1.29, 1.82) is 0 Å². The van der Waals surface area contributed by atoms with Crippen LogP contribution in [-0.2, 0) is 9.53 Å². The fraction of sp³-hybridized carbons (Fsp3) is 0.500. The Kier molecular flexibility index (Phi) is 3.50. The van der Waals surface area contributed by atoms with Gasteiger partial charge in [0, 0.05) is 0 Å². The second kappa shape index (κ2) is 3.74. The first kappa shape index (κ1) is 6.56. The van der Waals surface area contributed by atoms with Gasteiger partial charge in [-0.25, -0.2) is 4.79 Å². The third kappa shape index (κ3) is 3.39. The number of ether oxygens (including phenoxy) is 1. The maximum Gasteiger partial charge on any atom is 0.350 e. The third-order valence-corrected chi connectivity index (χ3v) is 0.525. The Morgan fingerprint density at radius 1 is 2.00 bits per heavy atom. The fourth-order valence-corrected chi connectivity index (χ4v) is 0.219. The summed E-state index contributed by atoms with van der Waals surface area (Å²) in [5.41, 5.74) is 0. The van der Waals surface area contributed by atoms with Gasteiger partial charge in [0.05, 0.1) is 6.61 Å². The van der Waals surface area contributed by atoms with Crippen LogP contribution in [0.3, 0.4) is 0 Å². The average molecular weight is 117 g/mol. The average Bonchev–Trinajstić information content (AvgIpc) is 1.68. The number of thiocarbonyl (C=S) groups is 1. The van der Waals surface area contributed by atoms with Crippen molar-refractivity contribution in [3.05, 3.63) is 0 Å². The van der Waals surface area contributed by atoms with E-state index in [9.17, 15) is 4.79 Å². The van der Waals surface area contributed by atoms with Gasteiger partial charge < -0.3 is 4.74 Å². The summed E-state index contributed by atoms with van der Waals surface area (Å²) in [5, 5.41) is 1.89. The maximum atomic E-state index is 9.97. The molecule has 0 N–H and O–H groups in total. The molecule has 0 saturated carbocycles. The fourth-order valence-electron chi connectivity index (χ4n) is 0.161. The molecule has 0 aliphatic heterocycles. The van der Waals surface area contributed by atoms with Gasteiger partial charge in [-0.1, -0.05) is 12.2 Å². The molecule has 0 aromatic rings. The molecule has 0 unspecified atom stereocenters. The first-order valence-corrected chi connectivity index (χ1v) is 2.27. The predicted molar refractivity (Wildman–Crippen MR) is 29.2 cm³/mol. The summed E-state index contributed by atoms with van der Waals surface area (Å²) in [6, 6.07) is 0. The van der Waals surface area contributed by atoms with Crippen molar-refractivity contribution in [1.82, 2.24) is 0 Å². The van der Waals surface area contributed by atoms with Gasteiger partial charge in [-0.15, -0.1) is 0 Å². The van der Waals surface area contributed by atoms with Crippen molar-refractivity contribution in [3.8, 4) is 0 Å². The van der Waals surface area contributed by atoms with Crippen LogP contribution in [0.4, 0.5) is 0 Å². The third-order valence-electron chi connectivity index (χ3n) is 0.359. The molecular formula is C4H5O2S.